The molecule has 1 aromatic carbocycles. The van der Waals surface area contributed by atoms with E-state index in [1.165, 1.54) is 13.4 Å². The van der Waals surface area contributed by atoms with Gasteiger partial charge in [0.05, 0.1) is 12.5 Å². The Balaban J connectivity index is 1.87. The summed E-state index contributed by atoms with van der Waals surface area (Å²) in [6, 6.07) is 9.86. The van der Waals surface area contributed by atoms with E-state index in [2.05, 4.69) is 19.7 Å². The van der Waals surface area contributed by atoms with Gasteiger partial charge < -0.3 is 18.7 Å². The topological polar surface area (TPSA) is 109 Å². The summed E-state index contributed by atoms with van der Waals surface area (Å²) in [6.45, 7) is 0. The highest BCUT2D eigenvalue weighted by molar-refractivity contribution is 7.80. The van der Waals surface area contributed by atoms with Gasteiger partial charge in [-0.1, -0.05) is 0 Å². The van der Waals surface area contributed by atoms with Crippen molar-refractivity contribution >= 4 is 28.0 Å². The Hall–Kier alpha value is -2.78. The van der Waals surface area contributed by atoms with Crippen molar-refractivity contribution in [2.75, 3.05) is 11.8 Å². The van der Waals surface area contributed by atoms with E-state index in [-0.39, 0.29) is 0 Å². The lowest BCUT2D eigenvalue weighted by atomic mass is 10.3. The highest BCUT2D eigenvalue weighted by Gasteiger charge is 2.08. The van der Waals surface area contributed by atoms with E-state index < -0.39 is 11.3 Å². The number of hydrogen-bond acceptors (Lipinski definition) is 7. The van der Waals surface area contributed by atoms with Gasteiger partial charge in [0.1, 0.15) is 12.1 Å². The summed E-state index contributed by atoms with van der Waals surface area (Å²) in [6.07, 6.45) is 1.35. The highest BCUT2D eigenvalue weighted by Crippen LogP contribution is 2.27. The third-order valence-electron chi connectivity index (χ3n) is 2.91. The average molecular weight is 331 g/mol. The molecule has 0 spiro atoms. The number of hydrogen-bond donors (Lipinski definition) is 1. The fraction of sp³-hybridized carbons (Fsp3) is 0.0714. The first-order chi connectivity index (χ1) is 11.2. The van der Waals surface area contributed by atoms with Crippen LogP contribution in [0.1, 0.15) is 0 Å². The monoisotopic (exact) mass is 331 g/mol. The van der Waals surface area contributed by atoms with Crippen molar-refractivity contribution in [1.82, 2.24) is 15.0 Å². The molecule has 1 N–H and O–H groups in total. The Morgan fingerprint density at radius 3 is 2.61 bits per heavy atom. The first-order valence-electron chi connectivity index (χ1n) is 6.45. The molecule has 0 bridgehead atoms. The molecule has 0 aliphatic rings. The fourth-order valence-corrected chi connectivity index (χ4v) is 2.22. The molecule has 1 unspecified atom stereocenters. The summed E-state index contributed by atoms with van der Waals surface area (Å²) < 4.78 is 34.2. The first kappa shape index (κ1) is 15.1. The maximum atomic E-state index is 10.6. The van der Waals surface area contributed by atoms with Gasteiger partial charge in [-0.05, 0) is 30.3 Å². The minimum Gasteiger partial charge on any atom is -0.755 e. The summed E-state index contributed by atoms with van der Waals surface area (Å²) in [4.78, 5) is 12.4. The molecule has 118 valence electrons. The van der Waals surface area contributed by atoms with Crippen LogP contribution in [0.3, 0.4) is 0 Å². The van der Waals surface area contributed by atoms with Crippen molar-refractivity contribution in [3.8, 4) is 17.5 Å². The number of aromatic nitrogens is 3. The molecular weight excluding hydrogens is 320 g/mol. The van der Waals surface area contributed by atoms with Crippen molar-refractivity contribution in [3.63, 3.8) is 0 Å². The van der Waals surface area contributed by atoms with Gasteiger partial charge in [0.15, 0.2) is 5.65 Å². The minimum absolute atomic E-state index is 0.346. The second-order valence-electron chi connectivity index (χ2n) is 4.37. The zero-order valence-corrected chi connectivity index (χ0v) is 12.7. The number of ether oxygens (including phenoxy) is 2. The van der Waals surface area contributed by atoms with E-state index >= 15 is 0 Å². The quantitative estimate of drug-likeness (QED) is 0.712. The van der Waals surface area contributed by atoms with Crippen LogP contribution in [-0.4, -0.2) is 30.8 Å². The van der Waals surface area contributed by atoms with Gasteiger partial charge in [0.2, 0.25) is 11.8 Å². The van der Waals surface area contributed by atoms with E-state index in [4.69, 9.17) is 9.47 Å². The van der Waals surface area contributed by atoms with Crippen LogP contribution >= 0.6 is 0 Å². The summed E-state index contributed by atoms with van der Waals surface area (Å²) in [5.74, 6) is 1.30. The van der Waals surface area contributed by atoms with Crippen molar-refractivity contribution < 1.29 is 18.2 Å². The molecular formula is C14H11N4O4S-. The molecule has 0 saturated heterocycles. The number of fused-ring (bicyclic) bond motifs is 1. The molecule has 23 heavy (non-hydrogen) atoms. The van der Waals surface area contributed by atoms with Crippen molar-refractivity contribution in [2.45, 2.75) is 0 Å². The van der Waals surface area contributed by atoms with Gasteiger partial charge in [-0.2, -0.15) is 4.98 Å². The molecule has 0 aliphatic heterocycles. The molecule has 0 amide bonds. The lowest BCUT2D eigenvalue weighted by molar-refractivity contribution is 0.399. The van der Waals surface area contributed by atoms with Crippen molar-refractivity contribution in [1.29, 1.82) is 0 Å². The van der Waals surface area contributed by atoms with Crippen LogP contribution < -0.4 is 14.2 Å². The van der Waals surface area contributed by atoms with Gasteiger partial charge in [0, 0.05) is 23.0 Å². The standard InChI is InChI=1S/C14H12N4O4S/c1-21-12-7-6-11-13(17-12)15-8-16-14(11)22-10-4-2-9(3-5-10)18-23(19)20/h2-8,18H,1H3,(H,19,20)/p-1. The Kier molecular flexibility index (Phi) is 4.31. The molecule has 0 saturated carbocycles. The molecule has 1 atom stereocenters. The molecule has 8 nitrogen and oxygen atoms in total. The third-order valence-corrected chi connectivity index (χ3v) is 3.32. The normalized spacial score (nSPS) is 11.9. The number of pyridine rings is 1. The van der Waals surface area contributed by atoms with Gasteiger partial charge in [-0.25, -0.2) is 9.97 Å². The Morgan fingerprint density at radius 1 is 1.13 bits per heavy atom. The number of anilines is 1. The molecule has 3 rings (SSSR count). The van der Waals surface area contributed by atoms with Crippen LogP contribution in [0.2, 0.25) is 0 Å². The molecule has 2 heterocycles. The zero-order chi connectivity index (χ0) is 16.2. The smallest absolute Gasteiger partial charge is 0.231 e. The Bertz CT molecular complexity index is 857. The minimum atomic E-state index is -2.36. The summed E-state index contributed by atoms with van der Waals surface area (Å²) in [5, 5.41) is 0.635. The molecule has 0 aliphatic carbocycles. The highest BCUT2D eigenvalue weighted by atomic mass is 32.2. The van der Waals surface area contributed by atoms with E-state index in [0.717, 1.165) is 0 Å². The average Bonchev–Trinajstić information content (AvgIpc) is 2.56. The van der Waals surface area contributed by atoms with Crippen LogP contribution in [0.25, 0.3) is 11.0 Å². The number of methoxy groups -OCH3 is 1. The van der Waals surface area contributed by atoms with E-state index in [9.17, 15) is 8.76 Å². The number of nitrogens with one attached hydrogen (secondary N) is 1. The zero-order valence-electron chi connectivity index (χ0n) is 11.9. The number of nitrogens with zero attached hydrogens (tertiary/aromatic N) is 3. The predicted octanol–water partition coefficient (Wildman–Crippen LogP) is 2.03. The van der Waals surface area contributed by atoms with Crippen LogP contribution in [-0.2, 0) is 11.3 Å². The molecule has 0 fully saturated rings. The fourth-order valence-electron chi connectivity index (χ4n) is 1.90. The van der Waals surface area contributed by atoms with E-state index in [1.54, 1.807) is 36.4 Å². The SMILES string of the molecule is COc1ccc2c(Oc3ccc(NS(=O)[O-])cc3)ncnc2n1. The second-order valence-corrected chi connectivity index (χ2v) is 5.04. The summed E-state index contributed by atoms with van der Waals surface area (Å²) >= 11 is -2.36. The van der Waals surface area contributed by atoms with Gasteiger partial charge >= 0.3 is 0 Å². The maximum Gasteiger partial charge on any atom is 0.231 e. The van der Waals surface area contributed by atoms with Crippen molar-refractivity contribution in [2.24, 2.45) is 0 Å². The molecule has 0 radical (unpaired) electrons. The lowest BCUT2D eigenvalue weighted by Crippen LogP contribution is -2.01. The van der Waals surface area contributed by atoms with Crippen LogP contribution in [0.15, 0.2) is 42.7 Å². The van der Waals surface area contributed by atoms with Crippen LogP contribution in [0.5, 0.6) is 17.5 Å². The number of rotatable bonds is 5. The maximum absolute atomic E-state index is 10.6. The molecule has 9 heteroatoms. The van der Waals surface area contributed by atoms with Gasteiger partial charge in [-0.15, -0.1) is 0 Å². The summed E-state index contributed by atoms with van der Waals surface area (Å²) in [7, 11) is 1.53. The lowest BCUT2D eigenvalue weighted by Gasteiger charge is -2.10. The molecule has 2 aromatic heterocycles. The van der Waals surface area contributed by atoms with Gasteiger partial charge in [0.25, 0.3) is 0 Å². The third kappa shape index (κ3) is 3.52. The first-order valence-corrected chi connectivity index (χ1v) is 7.53. The Morgan fingerprint density at radius 2 is 1.91 bits per heavy atom. The van der Waals surface area contributed by atoms with Crippen LogP contribution in [0.4, 0.5) is 5.69 Å². The van der Waals surface area contributed by atoms with E-state index in [0.29, 0.717) is 34.2 Å². The molecule has 3 aromatic rings. The largest absolute Gasteiger partial charge is 0.755 e. The second kappa shape index (κ2) is 6.55. The van der Waals surface area contributed by atoms with E-state index in [1.807, 2.05) is 0 Å². The van der Waals surface area contributed by atoms with Crippen LogP contribution in [0, 0.1) is 0 Å². The predicted molar refractivity (Wildman–Crippen MR) is 82.9 cm³/mol. The van der Waals surface area contributed by atoms with Crippen molar-refractivity contribution in [3.05, 3.63) is 42.7 Å². The Labute approximate surface area is 133 Å². The number of benzene rings is 1. The van der Waals surface area contributed by atoms with Gasteiger partial charge in [-0.3, -0.25) is 4.21 Å². The summed E-state index contributed by atoms with van der Waals surface area (Å²) in [5.41, 5.74) is 0.888.